The van der Waals surface area contributed by atoms with Gasteiger partial charge in [0.15, 0.2) is 0 Å². The monoisotopic (exact) mass is 410 g/mol. The van der Waals surface area contributed by atoms with Crippen LogP contribution in [0.5, 0.6) is 0 Å². The summed E-state index contributed by atoms with van der Waals surface area (Å²) in [6, 6.07) is 18.1. The first-order valence-corrected chi connectivity index (χ1v) is 11.5. The molecule has 0 saturated carbocycles. The molecule has 5 rings (SSSR count). The third kappa shape index (κ3) is 4.13. The molecule has 2 atom stereocenters. The Morgan fingerprint density at radius 3 is 2.29 bits per heavy atom. The minimum absolute atomic E-state index is 0.456. The summed E-state index contributed by atoms with van der Waals surface area (Å²) in [4.78, 5) is 12.7. The number of hydrogen-bond donors (Lipinski definition) is 2. The summed E-state index contributed by atoms with van der Waals surface area (Å²) in [7, 11) is 0. The number of rotatable bonds is 6. The minimum atomic E-state index is 0.456. The van der Waals surface area contributed by atoms with Gasteiger partial charge in [0.1, 0.15) is 5.82 Å². The van der Waals surface area contributed by atoms with Crippen LogP contribution >= 0.6 is 0 Å². The van der Waals surface area contributed by atoms with Gasteiger partial charge in [-0.2, -0.15) is 0 Å². The molecule has 0 amide bonds. The molecule has 0 aliphatic carbocycles. The highest BCUT2D eigenvalue weighted by atomic mass is 15.0. The number of aromatic amines is 1. The molecular formula is C27H30N4. The molecule has 3 aromatic rings. The maximum atomic E-state index is 4.70. The van der Waals surface area contributed by atoms with E-state index in [-0.39, 0.29) is 0 Å². The molecule has 2 aliphatic rings. The van der Waals surface area contributed by atoms with Gasteiger partial charge in [-0.3, -0.25) is 4.99 Å². The molecule has 4 heteroatoms. The van der Waals surface area contributed by atoms with Gasteiger partial charge in [-0.1, -0.05) is 62.4 Å². The normalized spacial score (nSPS) is 19.4. The third-order valence-electron chi connectivity index (χ3n) is 6.68. The van der Waals surface area contributed by atoms with Crippen molar-refractivity contribution in [2.24, 2.45) is 4.99 Å². The first kappa shape index (κ1) is 20.0. The van der Waals surface area contributed by atoms with E-state index in [1.165, 1.54) is 46.4 Å². The largest absolute Gasteiger partial charge is 0.342 e. The standard InChI is InChI=1S/C27H30N4/c1-3-18(2)27-30-17-26(31-27)22-12-10-20(11-13-22)19-6-8-21(9-7-19)23-15-25(29-16-23)24-5-4-14-28-24/h6-13,16-18,24,28H,3-5,14-15H2,1-2H3,(H,30,31). The predicted molar refractivity (Wildman–Crippen MR) is 129 cm³/mol. The van der Waals surface area contributed by atoms with E-state index in [4.69, 9.17) is 4.99 Å². The van der Waals surface area contributed by atoms with Crippen LogP contribution in [0.25, 0.3) is 28.0 Å². The van der Waals surface area contributed by atoms with Crippen molar-refractivity contribution in [2.45, 2.75) is 51.5 Å². The molecule has 2 aromatic carbocycles. The minimum Gasteiger partial charge on any atom is -0.342 e. The molecule has 2 aliphatic heterocycles. The van der Waals surface area contributed by atoms with E-state index in [1.807, 2.05) is 6.20 Å². The second kappa shape index (κ2) is 8.64. The van der Waals surface area contributed by atoms with Crippen LogP contribution in [-0.4, -0.2) is 28.3 Å². The number of benzene rings is 2. The molecular weight excluding hydrogens is 380 g/mol. The van der Waals surface area contributed by atoms with Crippen molar-refractivity contribution < 1.29 is 0 Å². The lowest BCUT2D eigenvalue weighted by Crippen LogP contribution is -2.29. The van der Waals surface area contributed by atoms with Crippen molar-refractivity contribution in [3.63, 3.8) is 0 Å². The molecule has 0 spiro atoms. The summed E-state index contributed by atoms with van der Waals surface area (Å²) < 4.78 is 0. The average Bonchev–Trinajstić information content (AvgIpc) is 3.60. The van der Waals surface area contributed by atoms with Gasteiger partial charge >= 0.3 is 0 Å². The Morgan fingerprint density at radius 1 is 0.968 bits per heavy atom. The molecule has 158 valence electrons. The van der Waals surface area contributed by atoms with Crippen molar-refractivity contribution >= 4 is 11.3 Å². The summed E-state index contributed by atoms with van der Waals surface area (Å²) in [5.74, 6) is 1.52. The molecule has 2 N–H and O–H groups in total. The Morgan fingerprint density at radius 2 is 1.65 bits per heavy atom. The van der Waals surface area contributed by atoms with E-state index in [1.54, 1.807) is 0 Å². The molecule has 1 aromatic heterocycles. The van der Waals surface area contributed by atoms with Gasteiger partial charge in [-0.15, -0.1) is 0 Å². The van der Waals surface area contributed by atoms with Gasteiger partial charge in [0.25, 0.3) is 0 Å². The number of imidazole rings is 1. The summed E-state index contributed by atoms with van der Waals surface area (Å²) in [5.41, 5.74) is 8.60. The van der Waals surface area contributed by atoms with E-state index < -0.39 is 0 Å². The van der Waals surface area contributed by atoms with Crippen LogP contribution < -0.4 is 5.32 Å². The molecule has 2 unspecified atom stereocenters. The Bertz CT molecular complexity index is 1100. The van der Waals surface area contributed by atoms with Crippen molar-refractivity contribution in [3.8, 4) is 22.4 Å². The molecule has 1 saturated heterocycles. The fraction of sp³-hybridized carbons (Fsp3) is 0.333. The maximum absolute atomic E-state index is 4.70. The number of allylic oxidation sites excluding steroid dienone is 1. The lowest BCUT2D eigenvalue weighted by Gasteiger charge is -2.11. The van der Waals surface area contributed by atoms with E-state index >= 15 is 0 Å². The smallest absolute Gasteiger partial charge is 0.109 e. The first-order chi connectivity index (χ1) is 15.2. The van der Waals surface area contributed by atoms with Crippen LogP contribution in [0.3, 0.4) is 0 Å². The number of aliphatic imine (C=N–C) groups is 1. The SMILES string of the molecule is CCC(C)c1ncc(-c2ccc(-c3ccc(C4=CN=C(C5CCCN5)C4)cc3)cc2)[nH]1. The van der Waals surface area contributed by atoms with Crippen LogP contribution in [0.4, 0.5) is 0 Å². The molecule has 1 fully saturated rings. The maximum Gasteiger partial charge on any atom is 0.109 e. The molecule has 0 bridgehead atoms. The molecule has 0 radical (unpaired) electrons. The van der Waals surface area contributed by atoms with Gasteiger partial charge in [-0.05, 0) is 53.6 Å². The average molecular weight is 411 g/mol. The van der Waals surface area contributed by atoms with Crippen LogP contribution in [0, 0.1) is 0 Å². The zero-order chi connectivity index (χ0) is 21.2. The van der Waals surface area contributed by atoms with Gasteiger partial charge in [0.05, 0.1) is 11.9 Å². The van der Waals surface area contributed by atoms with Crippen molar-refractivity contribution in [1.29, 1.82) is 0 Å². The highest BCUT2D eigenvalue weighted by molar-refractivity contribution is 6.01. The summed E-state index contributed by atoms with van der Waals surface area (Å²) in [6.45, 7) is 5.51. The fourth-order valence-corrected chi connectivity index (χ4v) is 4.45. The van der Waals surface area contributed by atoms with Crippen LogP contribution in [0.2, 0.25) is 0 Å². The summed E-state index contributed by atoms with van der Waals surface area (Å²) >= 11 is 0. The summed E-state index contributed by atoms with van der Waals surface area (Å²) in [5, 5.41) is 3.56. The van der Waals surface area contributed by atoms with Gasteiger partial charge in [-0.25, -0.2) is 4.98 Å². The molecule has 3 heterocycles. The highest BCUT2D eigenvalue weighted by Gasteiger charge is 2.23. The van der Waals surface area contributed by atoms with Crippen molar-refractivity contribution in [1.82, 2.24) is 15.3 Å². The Balaban J connectivity index is 1.26. The van der Waals surface area contributed by atoms with Crippen LogP contribution in [0.15, 0.2) is 65.9 Å². The quantitative estimate of drug-likeness (QED) is 0.509. The second-order valence-electron chi connectivity index (χ2n) is 8.75. The van der Waals surface area contributed by atoms with E-state index in [9.17, 15) is 0 Å². The van der Waals surface area contributed by atoms with Crippen LogP contribution in [0.1, 0.15) is 56.8 Å². The number of hydrogen-bond acceptors (Lipinski definition) is 3. The van der Waals surface area contributed by atoms with Crippen molar-refractivity contribution in [3.05, 3.63) is 72.3 Å². The van der Waals surface area contributed by atoms with E-state index in [2.05, 4.69) is 83.9 Å². The number of nitrogens with zero attached hydrogens (tertiary/aromatic N) is 2. The van der Waals surface area contributed by atoms with Crippen molar-refractivity contribution in [2.75, 3.05) is 6.54 Å². The predicted octanol–water partition coefficient (Wildman–Crippen LogP) is 6.19. The van der Waals surface area contributed by atoms with E-state index in [0.29, 0.717) is 12.0 Å². The number of H-pyrrole nitrogens is 1. The highest BCUT2D eigenvalue weighted by Crippen LogP contribution is 2.30. The van der Waals surface area contributed by atoms with Gasteiger partial charge in [0.2, 0.25) is 0 Å². The van der Waals surface area contributed by atoms with Gasteiger partial charge in [0, 0.05) is 30.3 Å². The lowest BCUT2D eigenvalue weighted by atomic mass is 9.96. The summed E-state index contributed by atoms with van der Waals surface area (Å²) in [6.07, 6.45) is 8.52. The Kier molecular flexibility index (Phi) is 5.56. The zero-order valence-corrected chi connectivity index (χ0v) is 18.4. The number of aromatic nitrogens is 2. The third-order valence-corrected chi connectivity index (χ3v) is 6.68. The Labute approximate surface area is 184 Å². The van der Waals surface area contributed by atoms with Gasteiger partial charge < -0.3 is 10.3 Å². The fourth-order valence-electron chi connectivity index (χ4n) is 4.45. The second-order valence-corrected chi connectivity index (χ2v) is 8.75. The van der Waals surface area contributed by atoms with Crippen LogP contribution in [-0.2, 0) is 0 Å². The molecule has 4 nitrogen and oxygen atoms in total. The molecule has 31 heavy (non-hydrogen) atoms. The first-order valence-electron chi connectivity index (χ1n) is 11.5. The zero-order valence-electron chi connectivity index (χ0n) is 18.4. The Hall–Kier alpha value is -2.98. The topological polar surface area (TPSA) is 53.1 Å². The lowest BCUT2D eigenvalue weighted by molar-refractivity contribution is 0.689. The van der Waals surface area contributed by atoms with E-state index in [0.717, 1.165) is 30.9 Å². The number of nitrogens with one attached hydrogen (secondary N) is 2.